The van der Waals surface area contributed by atoms with E-state index >= 15 is 0 Å². The van der Waals surface area contributed by atoms with Crippen molar-refractivity contribution in [3.8, 4) is 11.5 Å². The largest absolute Gasteiger partial charge is 0.490 e. The predicted molar refractivity (Wildman–Crippen MR) is 82.0 cm³/mol. The topological polar surface area (TPSA) is 57.4 Å². The zero-order chi connectivity index (χ0) is 14.4. The summed E-state index contributed by atoms with van der Waals surface area (Å²) in [5, 5.41) is 0. The van der Waals surface area contributed by atoms with E-state index in [0.717, 1.165) is 27.4 Å². The molecule has 2 N–H and O–H groups in total. The van der Waals surface area contributed by atoms with E-state index in [2.05, 4.69) is 20.9 Å². The van der Waals surface area contributed by atoms with Gasteiger partial charge in [0.05, 0.1) is 5.69 Å². The van der Waals surface area contributed by atoms with Crippen LogP contribution in [0.4, 0.5) is 0 Å². The van der Waals surface area contributed by atoms with Gasteiger partial charge in [-0.1, -0.05) is 15.9 Å². The molecule has 4 nitrogen and oxygen atoms in total. The molecule has 2 aromatic rings. The molecule has 0 aliphatic carbocycles. The van der Waals surface area contributed by atoms with E-state index in [-0.39, 0.29) is 0 Å². The van der Waals surface area contributed by atoms with Gasteiger partial charge in [0.2, 0.25) is 0 Å². The van der Waals surface area contributed by atoms with Crippen molar-refractivity contribution in [1.82, 2.24) is 4.98 Å². The molecule has 0 radical (unpaired) electrons. The Kier molecular flexibility index (Phi) is 5.38. The van der Waals surface area contributed by atoms with Crippen molar-refractivity contribution in [2.45, 2.75) is 13.5 Å². The third-order valence-electron chi connectivity index (χ3n) is 2.69. The molecule has 0 atom stereocenters. The number of halogens is 1. The van der Waals surface area contributed by atoms with Crippen LogP contribution in [-0.4, -0.2) is 18.2 Å². The lowest BCUT2D eigenvalue weighted by molar-refractivity contribution is 0.215. The lowest BCUT2D eigenvalue weighted by Crippen LogP contribution is -2.12. The van der Waals surface area contributed by atoms with Gasteiger partial charge >= 0.3 is 0 Å². The molecule has 0 amide bonds. The molecule has 0 bridgehead atoms. The molecule has 0 aliphatic heterocycles. The van der Waals surface area contributed by atoms with Crippen LogP contribution in [0.15, 0.2) is 40.9 Å². The highest BCUT2D eigenvalue weighted by Crippen LogP contribution is 2.17. The first-order valence-electron chi connectivity index (χ1n) is 6.37. The van der Waals surface area contributed by atoms with Crippen LogP contribution in [0, 0.1) is 6.92 Å². The van der Waals surface area contributed by atoms with Gasteiger partial charge in [-0.25, -0.2) is 0 Å². The summed E-state index contributed by atoms with van der Waals surface area (Å²) in [4.78, 5) is 4.34. The second kappa shape index (κ2) is 7.26. The smallest absolute Gasteiger partial charge is 0.142 e. The summed E-state index contributed by atoms with van der Waals surface area (Å²) in [6.45, 7) is 3.22. The molecular weight excluding hydrogens is 320 g/mol. The van der Waals surface area contributed by atoms with Gasteiger partial charge in [-0.3, -0.25) is 4.98 Å². The Labute approximate surface area is 127 Å². The molecule has 0 fully saturated rings. The zero-order valence-electron chi connectivity index (χ0n) is 11.3. The minimum Gasteiger partial charge on any atom is -0.490 e. The van der Waals surface area contributed by atoms with Gasteiger partial charge < -0.3 is 15.2 Å². The highest BCUT2D eigenvalue weighted by molar-refractivity contribution is 9.10. The average Bonchev–Trinajstić information content (AvgIpc) is 2.46. The number of aromatic nitrogens is 1. The molecule has 1 aromatic heterocycles. The Bertz CT molecular complexity index is 558. The van der Waals surface area contributed by atoms with Gasteiger partial charge in [0.15, 0.2) is 0 Å². The summed E-state index contributed by atoms with van der Waals surface area (Å²) in [5.41, 5.74) is 7.36. The van der Waals surface area contributed by atoms with Crippen LogP contribution in [0.5, 0.6) is 11.5 Å². The summed E-state index contributed by atoms with van der Waals surface area (Å²) in [5.74, 6) is 1.54. The maximum atomic E-state index is 5.65. The minimum atomic E-state index is 0.366. The van der Waals surface area contributed by atoms with E-state index in [0.29, 0.717) is 19.8 Å². The molecule has 1 heterocycles. The van der Waals surface area contributed by atoms with E-state index in [4.69, 9.17) is 15.2 Å². The number of hydrogen-bond donors (Lipinski definition) is 1. The molecule has 5 heteroatoms. The number of nitrogens with zero attached hydrogens (tertiary/aromatic N) is 1. The first-order chi connectivity index (χ1) is 9.69. The van der Waals surface area contributed by atoms with E-state index in [1.54, 1.807) is 0 Å². The Morgan fingerprint density at radius 1 is 1.05 bits per heavy atom. The van der Waals surface area contributed by atoms with Crippen LogP contribution in [0.1, 0.15) is 11.4 Å². The molecule has 0 saturated carbocycles. The quantitative estimate of drug-likeness (QED) is 0.823. The summed E-state index contributed by atoms with van der Waals surface area (Å²) >= 11 is 3.38. The van der Waals surface area contributed by atoms with Crippen molar-refractivity contribution in [3.05, 3.63) is 52.3 Å². The third kappa shape index (κ3) is 4.21. The van der Waals surface area contributed by atoms with Gasteiger partial charge in [-0.15, -0.1) is 0 Å². The van der Waals surface area contributed by atoms with Crippen molar-refractivity contribution in [1.29, 1.82) is 0 Å². The van der Waals surface area contributed by atoms with Crippen molar-refractivity contribution >= 4 is 15.9 Å². The molecule has 1 aromatic carbocycles. The first kappa shape index (κ1) is 14.8. The fraction of sp³-hybridized carbons (Fsp3) is 0.267. The number of nitrogens with two attached hydrogens (primary N) is 1. The molecule has 0 saturated heterocycles. The monoisotopic (exact) mass is 336 g/mol. The highest BCUT2D eigenvalue weighted by atomic mass is 79.9. The normalized spacial score (nSPS) is 10.3. The Morgan fingerprint density at radius 2 is 1.75 bits per heavy atom. The molecule has 2 rings (SSSR count). The molecule has 20 heavy (non-hydrogen) atoms. The second-order valence-electron chi connectivity index (χ2n) is 4.25. The Hall–Kier alpha value is -1.59. The van der Waals surface area contributed by atoms with Crippen LogP contribution in [0.3, 0.4) is 0 Å². The molecule has 0 unspecified atom stereocenters. The van der Waals surface area contributed by atoms with E-state index in [1.807, 2.05) is 43.3 Å². The molecule has 106 valence electrons. The molecule has 0 spiro atoms. The first-order valence-corrected chi connectivity index (χ1v) is 7.16. The minimum absolute atomic E-state index is 0.366. The lowest BCUT2D eigenvalue weighted by Gasteiger charge is -2.11. The van der Waals surface area contributed by atoms with E-state index < -0.39 is 0 Å². The van der Waals surface area contributed by atoms with Crippen molar-refractivity contribution in [3.63, 3.8) is 0 Å². The zero-order valence-corrected chi connectivity index (χ0v) is 12.9. The van der Waals surface area contributed by atoms with Gasteiger partial charge in [0, 0.05) is 16.7 Å². The number of rotatable bonds is 6. The van der Waals surface area contributed by atoms with Crippen LogP contribution >= 0.6 is 15.9 Å². The number of hydrogen-bond acceptors (Lipinski definition) is 4. The maximum absolute atomic E-state index is 5.65. The lowest BCUT2D eigenvalue weighted by atomic mass is 10.3. The average molecular weight is 337 g/mol. The van der Waals surface area contributed by atoms with Crippen LogP contribution in [-0.2, 0) is 6.54 Å². The third-order valence-corrected chi connectivity index (χ3v) is 3.22. The summed E-state index contributed by atoms with van der Waals surface area (Å²) in [6, 6.07) is 11.5. The maximum Gasteiger partial charge on any atom is 0.142 e. The van der Waals surface area contributed by atoms with Gasteiger partial charge in [-0.05, 0) is 43.3 Å². The summed E-state index contributed by atoms with van der Waals surface area (Å²) in [7, 11) is 0. The Balaban J connectivity index is 1.82. The second-order valence-corrected chi connectivity index (χ2v) is 5.17. The standard InChI is InChI=1S/C15H17BrN2O2/c1-11-2-7-15(14(10-17)18-11)20-9-8-19-13-5-3-12(16)4-6-13/h2-7H,8-10,17H2,1H3. The highest BCUT2D eigenvalue weighted by Gasteiger charge is 2.04. The molecular formula is C15H17BrN2O2. The van der Waals surface area contributed by atoms with Crippen LogP contribution in [0.2, 0.25) is 0 Å². The van der Waals surface area contributed by atoms with Gasteiger partial charge in [0.1, 0.15) is 24.7 Å². The predicted octanol–water partition coefficient (Wildman–Crippen LogP) is 3.07. The fourth-order valence-corrected chi connectivity index (χ4v) is 1.98. The van der Waals surface area contributed by atoms with Crippen molar-refractivity contribution < 1.29 is 9.47 Å². The van der Waals surface area contributed by atoms with E-state index in [9.17, 15) is 0 Å². The van der Waals surface area contributed by atoms with Crippen LogP contribution < -0.4 is 15.2 Å². The van der Waals surface area contributed by atoms with Gasteiger partial charge in [-0.2, -0.15) is 0 Å². The number of aryl methyl sites for hydroxylation is 1. The van der Waals surface area contributed by atoms with Gasteiger partial charge in [0.25, 0.3) is 0 Å². The van der Waals surface area contributed by atoms with Crippen molar-refractivity contribution in [2.24, 2.45) is 5.73 Å². The SMILES string of the molecule is Cc1ccc(OCCOc2ccc(Br)cc2)c(CN)n1. The summed E-state index contributed by atoms with van der Waals surface area (Å²) < 4.78 is 12.3. The number of ether oxygens (including phenoxy) is 2. The van der Waals surface area contributed by atoms with Crippen LogP contribution in [0.25, 0.3) is 0 Å². The van der Waals surface area contributed by atoms with E-state index in [1.165, 1.54) is 0 Å². The number of benzene rings is 1. The number of pyridine rings is 1. The Morgan fingerprint density at radius 3 is 2.45 bits per heavy atom. The fourth-order valence-electron chi connectivity index (χ4n) is 1.72. The summed E-state index contributed by atoms with van der Waals surface area (Å²) in [6.07, 6.45) is 0. The van der Waals surface area contributed by atoms with Crippen molar-refractivity contribution in [2.75, 3.05) is 13.2 Å². The molecule has 0 aliphatic rings.